The standard InChI is InChI=1S/C15H13F3N4O2S.H2O/c1-3-25(23)11-4-9(24-2)6-19-14(11)10-7-22-8-20-12(15(16,17)18)5-13(22)21-10;/h4-8H,3H2,1-2H3;1H2. The van der Waals surface area contributed by atoms with Crippen molar-refractivity contribution in [3.8, 4) is 17.1 Å². The third-order valence-corrected chi connectivity index (χ3v) is 4.78. The number of nitrogens with zero attached hydrogens (tertiary/aromatic N) is 4. The van der Waals surface area contributed by atoms with Gasteiger partial charge in [0.15, 0.2) is 0 Å². The molecule has 3 aromatic heterocycles. The number of imidazole rings is 1. The van der Waals surface area contributed by atoms with Crippen LogP contribution < -0.4 is 4.74 Å². The predicted octanol–water partition coefficient (Wildman–Crippen LogP) is 2.12. The number of halogens is 3. The molecular formula is C15H15F3N4O3S. The van der Waals surface area contributed by atoms with Gasteiger partial charge in [0.05, 0.1) is 29.0 Å². The van der Waals surface area contributed by atoms with Gasteiger partial charge >= 0.3 is 6.18 Å². The van der Waals surface area contributed by atoms with Gasteiger partial charge in [0.25, 0.3) is 0 Å². The number of rotatable bonds is 4. The van der Waals surface area contributed by atoms with Crippen LogP contribution in [0.5, 0.6) is 5.75 Å². The molecule has 0 amide bonds. The molecule has 11 heteroatoms. The molecule has 0 spiro atoms. The second-order valence-corrected chi connectivity index (χ2v) is 6.73. The van der Waals surface area contributed by atoms with E-state index < -0.39 is 22.7 Å². The van der Waals surface area contributed by atoms with Crippen LogP contribution in [-0.4, -0.2) is 41.9 Å². The van der Waals surface area contributed by atoms with Gasteiger partial charge in [0.1, 0.15) is 34.8 Å². The Hall–Kier alpha value is -2.53. The fraction of sp³-hybridized carbons (Fsp3) is 0.267. The Balaban J connectivity index is 0.00000243. The Kier molecular flexibility index (Phi) is 5.62. The summed E-state index contributed by atoms with van der Waals surface area (Å²) >= 11 is 0. The molecule has 0 bridgehead atoms. The van der Waals surface area contributed by atoms with Crippen LogP contribution in [0.2, 0.25) is 0 Å². The minimum absolute atomic E-state index is 0. The number of pyridine rings is 1. The highest BCUT2D eigenvalue weighted by Crippen LogP contribution is 2.30. The highest BCUT2D eigenvalue weighted by molar-refractivity contribution is 7.85. The number of fused-ring (bicyclic) bond motifs is 1. The lowest BCUT2D eigenvalue weighted by Crippen LogP contribution is -2.08. The van der Waals surface area contributed by atoms with Crippen molar-refractivity contribution in [2.45, 2.75) is 18.0 Å². The molecule has 0 aliphatic heterocycles. The highest BCUT2D eigenvalue weighted by atomic mass is 32.2. The van der Waals surface area contributed by atoms with E-state index in [2.05, 4.69) is 15.0 Å². The summed E-state index contributed by atoms with van der Waals surface area (Å²) in [4.78, 5) is 12.2. The summed E-state index contributed by atoms with van der Waals surface area (Å²) in [5.74, 6) is 0.792. The first-order valence-electron chi connectivity index (χ1n) is 7.18. The Morgan fingerprint density at radius 1 is 1.27 bits per heavy atom. The third kappa shape index (κ3) is 3.68. The van der Waals surface area contributed by atoms with E-state index in [0.29, 0.717) is 27.8 Å². The molecule has 1 atom stereocenters. The molecule has 0 saturated carbocycles. The van der Waals surface area contributed by atoms with Crippen LogP contribution in [0, 0.1) is 0 Å². The molecule has 0 aromatic carbocycles. The molecule has 3 heterocycles. The van der Waals surface area contributed by atoms with Crippen molar-refractivity contribution in [1.29, 1.82) is 0 Å². The van der Waals surface area contributed by atoms with Crippen molar-refractivity contribution in [2.24, 2.45) is 0 Å². The largest absolute Gasteiger partial charge is 0.495 e. The smallest absolute Gasteiger partial charge is 0.433 e. The topological polar surface area (TPSA) is 101 Å². The van der Waals surface area contributed by atoms with Crippen LogP contribution in [-0.2, 0) is 17.0 Å². The molecule has 0 saturated heterocycles. The number of ether oxygens (including phenoxy) is 1. The molecule has 26 heavy (non-hydrogen) atoms. The molecule has 140 valence electrons. The molecule has 0 radical (unpaired) electrons. The highest BCUT2D eigenvalue weighted by Gasteiger charge is 2.33. The molecule has 0 fully saturated rings. The fourth-order valence-corrected chi connectivity index (χ4v) is 3.15. The van der Waals surface area contributed by atoms with Gasteiger partial charge in [-0.2, -0.15) is 13.2 Å². The molecule has 1 unspecified atom stereocenters. The molecule has 3 aromatic rings. The number of methoxy groups -OCH3 is 1. The van der Waals surface area contributed by atoms with Gasteiger partial charge in [0, 0.05) is 24.1 Å². The maximum Gasteiger partial charge on any atom is 0.433 e. The summed E-state index contributed by atoms with van der Waals surface area (Å²) in [6, 6.07) is 2.44. The second-order valence-electron chi connectivity index (χ2n) is 5.02. The predicted molar refractivity (Wildman–Crippen MR) is 88.3 cm³/mol. The van der Waals surface area contributed by atoms with Crippen molar-refractivity contribution in [3.63, 3.8) is 0 Å². The Labute approximate surface area is 148 Å². The van der Waals surface area contributed by atoms with E-state index in [1.807, 2.05) is 0 Å². The van der Waals surface area contributed by atoms with E-state index in [4.69, 9.17) is 4.74 Å². The zero-order chi connectivity index (χ0) is 18.2. The number of alkyl halides is 3. The maximum atomic E-state index is 12.8. The van der Waals surface area contributed by atoms with Gasteiger partial charge in [0.2, 0.25) is 0 Å². The second kappa shape index (κ2) is 7.38. The van der Waals surface area contributed by atoms with E-state index in [0.717, 1.165) is 12.4 Å². The lowest BCUT2D eigenvalue weighted by Gasteiger charge is -2.07. The molecular weight excluding hydrogens is 373 g/mol. The van der Waals surface area contributed by atoms with E-state index in [1.54, 1.807) is 13.0 Å². The fourth-order valence-electron chi connectivity index (χ4n) is 2.22. The van der Waals surface area contributed by atoms with Gasteiger partial charge < -0.3 is 10.2 Å². The molecule has 0 aliphatic carbocycles. The van der Waals surface area contributed by atoms with Crippen molar-refractivity contribution in [1.82, 2.24) is 19.4 Å². The van der Waals surface area contributed by atoms with Crippen LogP contribution in [0.4, 0.5) is 13.2 Å². The van der Waals surface area contributed by atoms with Crippen molar-refractivity contribution < 1.29 is 27.6 Å². The van der Waals surface area contributed by atoms with E-state index in [1.165, 1.54) is 23.9 Å². The van der Waals surface area contributed by atoms with Gasteiger partial charge in [-0.1, -0.05) is 6.92 Å². The summed E-state index contributed by atoms with van der Waals surface area (Å²) in [6.07, 6.45) is -0.585. The Bertz CT molecular complexity index is 959. The first-order chi connectivity index (χ1) is 11.8. The SMILES string of the molecule is CCS(=O)c1cc(OC)cnc1-c1cn2cnc(C(F)(F)F)cc2n1.O. The van der Waals surface area contributed by atoms with Crippen LogP contribution in [0.25, 0.3) is 17.0 Å². The molecule has 2 N–H and O–H groups in total. The zero-order valence-corrected chi connectivity index (χ0v) is 14.6. The van der Waals surface area contributed by atoms with Crippen LogP contribution in [0.15, 0.2) is 35.7 Å². The summed E-state index contributed by atoms with van der Waals surface area (Å²) in [7, 11) is 0.121. The first-order valence-corrected chi connectivity index (χ1v) is 8.50. The first kappa shape index (κ1) is 19.8. The lowest BCUT2D eigenvalue weighted by atomic mass is 10.3. The lowest BCUT2D eigenvalue weighted by molar-refractivity contribution is -0.141. The van der Waals surface area contributed by atoms with E-state index >= 15 is 0 Å². The Morgan fingerprint density at radius 2 is 2.00 bits per heavy atom. The minimum Gasteiger partial charge on any atom is -0.495 e. The van der Waals surface area contributed by atoms with Gasteiger partial charge in [-0.25, -0.2) is 15.0 Å². The minimum atomic E-state index is -4.55. The van der Waals surface area contributed by atoms with Crippen molar-refractivity contribution in [2.75, 3.05) is 12.9 Å². The van der Waals surface area contributed by atoms with Crippen LogP contribution in [0.1, 0.15) is 12.6 Å². The quantitative estimate of drug-likeness (QED) is 0.681. The third-order valence-electron chi connectivity index (χ3n) is 3.45. The number of aromatic nitrogens is 4. The van der Waals surface area contributed by atoms with E-state index in [-0.39, 0.29) is 11.1 Å². The molecule has 0 aliphatic rings. The Morgan fingerprint density at radius 3 is 2.62 bits per heavy atom. The van der Waals surface area contributed by atoms with Gasteiger partial charge in [-0.3, -0.25) is 8.61 Å². The summed E-state index contributed by atoms with van der Waals surface area (Å²) in [5, 5.41) is 0. The van der Waals surface area contributed by atoms with Gasteiger partial charge in [-0.15, -0.1) is 0 Å². The zero-order valence-electron chi connectivity index (χ0n) is 13.7. The summed E-state index contributed by atoms with van der Waals surface area (Å²) in [6.45, 7) is 1.75. The van der Waals surface area contributed by atoms with Gasteiger partial charge in [-0.05, 0) is 0 Å². The van der Waals surface area contributed by atoms with E-state index in [9.17, 15) is 17.4 Å². The summed E-state index contributed by atoms with van der Waals surface area (Å²) < 4.78 is 57.1. The van der Waals surface area contributed by atoms with Crippen molar-refractivity contribution >= 4 is 16.4 Å². The molecule has 3 rings (SSSR count). The molecule has 7 nitrogen and oxygen atoms in total. The van der Waals surface area contributed by atoms with Crippen LogP contribution >= 0.6 is 0 Å². The summed E-state index contributed by atoms with van der Waals surface area (Å²) in [5.41, 5.74) is -0.320. The normalized spacial score (nSPS) is 12.7. The van der Waals surface area contributed by atoms with Crippen molar-refractivity contribution in [3.05, 3.63) is 36.5 Å². The maximum absolute atomic E-state index is 12.8. The average molecular weight is 388 g/mol. The number of hydrogen-bond acceptors (Lipinski definition) is 5. The number of hydrogen-bond donors (Lipinski definition) is 0. The average Bonchev–Trinajstić information content (AvgIpc) is 3.02. The monoisotopic (exact) mass is 388 g/mol. The van der Waals surface area contributed by atoms with Crippen LogP contribution in [0.3, 0.4) is 0 Å².